The zero-order valence-corrected chi connectivity index (χ0v) is 13.4. The predicted molar refractivity (Wildman–Crippen MR) is 77.0 cm³/mol. The number of nitrogens with zero attached hydrogens (tertiary/aromatic N) is 1. The van der Waals surface area contributed by atoms with Gasteiger partial charge < -0.3 is 0 Å². The van der Waals surface area contributed by atoms with Crippen LogP contribution in [0.3, 0.4) is 0 Å². The zero-order valence-electron chi connectivity index (χ0n) is 11.9. The summed E-state index contributed by atoms with van der Waals surface area (Å²) in [6.45, 7) is 0. The first-order valence-corrected chi connectivity index (χ1v) is 8.87. The van der Waals surface area contributed by atoms with Gasteiger partial charge in [0.1, 0.15) is 10.7 Å². The van der Waals surface area contributed by atoms with Crippen LogP contribution in [0.5, 0.6) is 0 Å². The summed E-state index contributed by atoms with van der Waals surface area (Å²) < 4.78 is 42.2. The fourth-order valence-corrected chi connectivity index (χ4v) is 4.43. The average molecular weight is 362 g/mol. The second-order valence-electron chi connectivity index (χ2n) is 5.57. The highest BCUT2D eigenvalue weighted by Gasteiger charge is 2.51. The van der Waals surface area contributed by atoms with Crippen molar-refractivity contribution in [1.29, 1.82) is 0 Å². The summed E-state index contributed by atoms with van der Waals surface area (Å²) in [4.78, 5) is 23.9. The second-order valence-corrected chi connectivity index (χ2v) is 7.48. The minimum absolute atomic E-state index is 0.315. The molecule has 0 N–H and O–H groups in total. The molecule has 1 heterocycles. The van der Waals surface area contributed by atoms with Gasteiger partial charge in [0.05, 0.1) is 16.9 Å². The van der Waals surface area contributed by atoms with Crippen LogP contribution in [-0.4, -0.2) is 25.3 Å². The number of fused-ring (bicyclic) bond motifs is 1. The number of carbonyl (C=O) groups excluding carboxylic acids is 2. The standard InChI is InChI=1S/C14H13ClFNO5S/c15-11-7-8(16)5-6-12(11)23(20,21)22-17-13(18)9-3-1-2-4-10(9)14(17)19/h5-7,9-10H,1-4H2. The molecule has 0 spiro atoms. The molecule has 9 heteroatoms. The van der Waals surface area contributed by atoms with Crippen molar-refractivity contribution in [2.24, 2.45) is 11.8 Å². The van der Waals surface area contributed by atoms with Crippen LogP contribution in [-0.2, 0) is 24.0 Å². The van der Waals surface area contributed by atoms with Crippen LogP contribution in [0.1, 0.15) is 25.7 Å². The highest BCUT2D eigenvalue weighted by molar-refractivity contribution is 7.86. The molecular formula is C14H13ClFNO5S. The molecule has 2 atom stereocenters. The normalized spacial score (nSPS) is 24.9. The third-order valence-corrected chi connectivity index (χ3v) is 5.80. The Hall–Kier alpha value is -1.51. The summed E-state index contributed by atoms with van der Waals surface area (Å²) in [5, 5.41) is -0.0723. The topological polar surface area (TPSA) is 80.8 Å². The molecule has 124 valence electrons. The molecule has 0 aromatic heterocycles. The minimum Gasteiger partial charge on any atom is -0.272 e. The SMILES string of the molecule is O=C1C2CCCCC2C(=O)N1OS(=O)(=O)c1ccc(F)cc1Cl. The molecule has 23 heavy (non-hydrogen) atoms. The van der Waals surface area contributed by atoms with E-state index in [0.717, 1.165) is 31.0 Å². The van der Waals surface area contributed by atoms with E-state index in [1.165, 1.54) is 0 Å². The van der Waals surface area contributed by atoms with E-state index in [2.05, 4.69) is 0 Å². The van der Waals surface area contributed by atoms with E-state index < -0.39 is 44.5 Å². The Morgan fingerprint density at radius 2 is 1.70 bits per heavy atom. The number of rotatable bonds is 3. The molecule has 2 fully saturated rings. The number of benzene rings is 1. The van der Waals surface area contributed by atoms with Gasteiger partial charge in [0.2, 0.25) is 0 Å². The average Bonchev–Trinajstić information content (AvgIpc) is 2.72. The molecule has 1 aliphatic heterocycles. The first-order chi connectivity index (χ1) is 10.8. The summed E-state index contributed by atoms with van der Waals surface area (Å²) in [6, 6.07) is 2.63. The van der Waals surface area contributed by atoms with E-state index in [9.17, 15) is 22.4 Å². The third kappa shape index (κ3) is 2.86. The van der Waals surface area contributed by atoms with Gasteiger partial charge in [0.25, 0.3) is 11.8 Å². The van der Waals surface area contributed by atoms with Gasteiger partial charge in [-0.2, -0.15) is 8.42 Å². The van der Waals surface area contributed by atoms with Crippen LogP contribution in [0.15, 0.2) is 23.1 Å². The summed E-state index contributed by atoms with van der Waals surface area (Å²) in [7, 11) is -4.51. The molecule has 3 rings (SSSR count). The first kappa shape index (κ1) is 16.4. The molecule has 1 aromatic carbocycles. The van der Waals surface area contributed by atoms with Crippen molar-refractivity contribution in [3.8, 4) is 0 Å². The largest absolute Gasteiger partial charge is 0.319 e. The number of hydroxylamine groups is 2. The third-order valence-electron chi connectivity index (χ3n) is 4.14. The van der Waals surface area contributed by atoms with Gasteiger partial charge in [-0.25, -0.2) is 4.39 Å². The zero-order chi connectivity index (χ0) is 16.8. The van der Waals surface area contributed by atoms with E-state index in [-0.39, 0.29) is 5.02 Å². The van der Waals surface area contributed by atoms with Crippen LogP contribution in [0.4, 0.5) is 4.39 Å². The number of hydrogen-bond acceptors (Lipinski definition) is 5. The molecule has 2 aliphatic rings. The highest BCUT2D eigenvalue weighted by Crippen LogP contribution is 2.39. The number of amides is 2. The molecule has 1 aliphatic carbocycles. The number of carbonyl (C=O) groups is 2. The molecule has 0 radical (unpaired) electrons. The lowest BCUT2D eigenvalue weighted by Crippen LogP contribution is -2.34. The lowest BCUT2D eigenvalue weighted by molar-refractivity contribution is -0.165. The fourth-order valence-electron chi connectivity index (χ4n) is 3.02. The quantitative estimate of drug-likeness (QED) is 0.771. The van der Waals surface area contributed by atoms with Gasteiger partial charge in [0.15, 0.2) is 0 Å². The van der Waals surface area contributed by atoms with Crippen molar-refractivity contribution in [3.05, 3.63) is 29.0 Å². The molecular weight excluding hydrogens is 349 g/mol. The van der Waals surface area contributed by atoms with Gasteiger partial charge >= 0.3 is 10.1 Å². The van der Waals surface area contributed by atoms with Crippen molar-refractivity contribution >= 4 is 33.5 Å². The van der Waals surface area contributed by atoms with Crippen molar-refractivity contribution in [2.45, 2.75) is 30.6 Å². The van der Waals surface area contributed by atoms with Gasteiger partial charge in [0, 0.05) is 0 Å². The van der Waals surface area contributed by atoms with Crippen LogP contribution in [0, 0.1) is 17.7 Å². The maximum Gasteiger partial charge on any atom is 0.319 e. The van der Waals surface area contributed by atoms with Crippen molar-refractivity contribution in [3.63, 3.8) is 0 Å². The molecule has 2 amide bonds. The molecule has 0 bridgehead atoms. The summed E-state index contributed by atoms with van der Waals surface area (Å²) in [5.74, 6) is -3.08. The smallest absolute Gasteiger partial charge is 0.272 e. The van der Waals surface area contributed by atoms with Crippen molar-refractivity contribution < 1.29 is 26.7 Å². The fraction of sp³-hybridized carbons (Fsp3) is 0.429. The molecule has 2 unspecified atom stereocenters. The maximum absolute atomic E-state index is 13.0. The Morgan fingerprint density at radius 3 is 2.22 bits per heavy atom. The highest BCUT2D eigenvalue weighted by atomic mass is 35.5. The van der Waals surface area contributed by atoms with Crippen molar-refractivity contribution in [2.75, 3.05) is 0 Å². The van der Waals surface area contributed by atoms with Crippen LogP contribution in [0.2, 0.25) is 5.02 Å². The predicted octanol–water partition coefficient (Wildman–Crippen LogP) is 2.27. The summed E-state index contributed by atoms with van der Waals surface area (Å²) in [5.41, 5.74) is 0. The Bertz CT molecular complexity index is 757. The second kappa shape index (κ2) is 5.85. The van der Waals surface area contributed by atoms with Gasteiger partial charge in [-0.1, -0.05) is 24.4 Å². The van der Waals surface area contributed by atoms with E-state index in [1.54, 1.807) is 0 Å². The van der Waals surface area contributed by atoms with Gasteiger partial charge in [-0.3, -0.25) is 9.59 Å². The van der Waals surface area contributed by atoms with Crippen LogP contribution >= 0.6 is 11.6 Å². The monoisotopic (exact) mass is 361 g/mol. The van der Waals surface area contributed by atoms with E-state index in [0.29, 0.717) is 17.9 Å². The van der Waals surface area contributed by atoms with E-state index >= 15 is 0 Å². The first-order valence-electron chi connectivity index (χ1n) is 7.09. The number of halogens is 2. The Labute approximate surface area is 137 Å². The Balaban J connectivity index is 1.88. The van der Waals surface area contributed by atoms with Crippen LogP contribution in [0.25, 0.3) is 0 Å². The maximum atomic E-state index is 13.0. The molecule has 1 saturated carbocycles. The Morgan fingerprint density at radius 1 is 1.13 bits per heavy atom. The van der Waals surface area contributed by atoms with E-state index in [4.69, 9.17) is 15.9 Å². The van der Waals surface area contributed by atoms with Crippen LogP contribution < -0.4 is 0 Å². The molecule has 1 saturated heterocycles. The van der Waals surface area contributed by atoms with Gasteiger partial charge in [-0.05, 0) is 31.0 Å². The summed E-state index contributed by atoms with van der Waals surface area (Å²) in [6.07, 6.45) is 2.69. The molecule has 1 aromatic rings. The Kier molecular flexibility index (Phi) is 4.16. The lowest BCUT2D eigenvalue weighted by Gasteiger charge is -2.19. The minimum atomic E-state index is -4.51. The lowest BCUT2D eigenvalue weighted by atomic mass is 9.81. The summed E-state index contributed by atoms with van der Waals surface area (Å²) >= 11 is 5.71. The van der Waals surface area contributed by atoms with E-state index in [1.807, 2.05) is 0 Å². The van der Waals surface area contributed by atoms with Crippen molar-refractivity contribution in [1.82, 2.24) is 5.06 Å². The number of imide groups is 1. The molecule has 6 nitrogen and oxygen atoms in total. The number of hydrogen-bond donors (Lipinski definition) is 0. The van der Waals surface area contributed by atoms with Gasteiger partial charge in [-0.15, -0.1) is 9.35 Å².